The summed E-state index contributed by atoms with van der Waals surface area (Å²) in [6.45, 7) is 5.43. The Bertz CT molecular complexity index is 913. The molecule has 23 heavy (non-hydrogen) atoms. The predicted molar refractivity (Wildman–Crippen MR) is 93.5 cm³/mol. The number of carbonyl (C=O) groups is 2. The van der Waals surface area contributed by atoms with Crippen LogP contribution in [0.4, 0.5) is 10.3 Å². The number of nitrogens with zero attached hydrogens (tertiary/aromatic N) is 2. The lowest BCUT2D eigenvalue weighted by molar-refractivity contribution is -0.114. The number of anilines is 2. The molecule has 0 saturated carbocycles. The molecule has 2 heterocycles. The number of carbonyl (C=O) groups excluding carboxylic acids is 2. The second kappa shape index (κ2) is 6.05. The maximum Gasteiger partial charge on any atom is 0.276 e. The molecule has 8 heteroatoms. The third kappa shape index (κ3) is 3.38. The number of hydrogen-bond donors (Lipinski definition) is 2. The summed E-state index contributed by atoms with van der Waals surface area (Å²) in [5.74, 6) is -0.561. The third-order valence-corrected chi connectivity index (χ3v) is 4.75. The number of aryl methyl sites for hydroxylation is 2. The molecule has 1 aromatic carbocycles. The molecule has 0 unspecified atom stereocenters. The van der Waals surface area contributed by atoms with Gasteiger partial charge in [-0.05, 0) is 31.0 Å². The molecule has 0 spiro atoms. The van der Waals surface area contributed by atoms with Gasteiger partial charge < -0.3 is 5.32 Å². The van der Waals surface area contributed by atoms with E-state index in [4.69, 9.17) is 0 Å². The minimum Gasteiger partial charge on any atom is -0.302 e. The summed E-state index contributed by atoms with van der Waals surface area (Å²) < 4.78 is 1.04. The van der Waals surface area contributed by atoms with Crippen LogP contribution in [0.25, 0.3) is 10.2 Å². The predicted octanol–water partition coefficient (Wildman–Crippen LogP) is 3.58. The fourth-order valence-corrected chi connectivity index (χ4v) is 3.95. The van der Waals surface area contributed by atoms with Gasteiger partial charge in [0.1, 0.15) is 5.69 Å². The quantitative estimate of drug-likeness (QED) is 0.759. The Morgan fingerprint density at radius 1 is 1.09 bits per heavy atom. The molecule has 0 atom stereocenters. The number of aromatic nitrogens is 2. The van der Waals surface area contributed by atoms with Gasteiger partial charge in [0.2, 0.25) is 5.91 Å². The van der Waals surface area contributed by atoms with Crippen molar-refractivity contribution in [1.29, 1.82) is 0 Å². The van der Waals surface area contributed by atoms with E-state index in [9.17, 15) is 9.59 Å². The highest BCUT2D eigenvalue weighted by atomic mass is 32.1. The summed E-state index contributed by atoms with van der Waals surface area (Å²) in [5.41, 5.74) is 3.40. The maximum absolute atomic E-state index is 12.2. The van der Waals surface area contributed by atoms with Gasteiger partial charge in [0.05, 0.1) is 10.2 Å². The topological polar surface area (TPSA) is 84.0 Å². The lowest BCUT2D eigenvalue weighted by Crippen LogP contribution is -2.12. The summed E-state index contributed by atoms with van der Waals surface area (Å²) >= 11 is 2.63. The number of amides is 2. The van der Waals surface area contributed by atoms with Crippen molar-refractivity contribution in [3.63, 3.8) is 0 Å². The summed E-state index contributed by atoms with van der Waals surface area (Å²) in [6, 6.07) is 4.11. The smallest absolute Gasteiger partial charge is 0.276 e. The van der Waals surface area contributed by atoms with E-state index in [1.807, 2.05) is 19.9 Å². The monoisotopic (exact) mass is 346 g/mol. The van der Waals surface area contributed by atoms with Crippen LogP contribution in [0.2, 0.25) is 0 Å². The fourth-order valence-electron chi connectivity index (χ4n) is 2.17. The van der Waals surface area contributed by atoms with Gasteiger partial charge in [-0.1, -0.05) is 17.4 Å². The van der Waals surface area contributed by atoms with Gasteiger partial charge in [-0.2, -0.15) is 0 Å². The van der Waals surface area contributed by atoms with Crippen LogP contribution in [-0.2, 0) is 4.79 Å². The molecule has 2 aromatic heterocycles. The van der Waals surface area contributed by atoms with Crippen molar-refractivity contribution in [2.45, 2.75) is 20.8 Å². The van der Waals surface area contributed by atoms with Crippen LogP contribution in [0.5, 0.6) is 0 Å². The van der Waals surface area contributed by atoms with E-state index >= 15 is 0 Å². The first-order chi connectivity index (χ1) is 10.9. The van der Waals surface area contributed by atoms with Crippen LogP contribution in [0, 0.1) is 13.8 Å². The summed E-state index contributed by atoms with van der Waals surface area (Å²) in [7, 11) is 0. The van der Waals surface area contributed by atoms with Crippen LogP contribution >= 0.6 is 22.7 Å². The van der Waals surface area contributed by atoms with Crippen molar-refractivity contribution in [3.8, 4) is 0 Å². The molecule has 0 aliphatic carbocycles. The lowest BCUT2D eigenvalue weighted by atomic mass is 10.1. The molecule has 6 nitrogen and oxygen atoms in total. The highest BCUT2D eigenvalue weighted by molar-refractivity contribution is 7.22. The van der Waals surface area contributed by atoms with Crippen LogP contribution < -0.4 is 10.6 Å². The summed E-state index contributed by atoms with van der Waals surface area (Å²) in [5, 5.41) is 7.85. The SMILES string of the molecule is CC(=O)Nc1nc(C(=O)Nc2nc3c(C)cc(C)cc3s2)cs1. The van der Waals surface area contributed by atoms with E-state index in [0.717, 1.165) is 21.3 Å². The second-order valence-electron chi connectivity index (χ2n) is 5.12. The second-order valence-corrected chi connectivity index (χ2v) is 7.01. The van der Waals surface area contributed by atoms with E-state index in [1.54, 1.807) is 5.38 Å². The Labute approximate surface area is 140 Å². The van der Waals surface area contributed by atoms with Crippen LogP contribution in [0.3, 0.4) is 0 Å². The average molecular weight is 346 g/mol. The maximum atomic E-state index is 12.2. The number of thiazole rings is 2. The van der Waals surface area contributed by atoms with E-state index in [2.05, 4.69) is 26.7 Å². The molecule has 3 aromatic rings. The molecule has 0 radical (unpaired) electrons. The zero-order chi connectivity index (χ0) is 16.6. The van der Waals surface area contributed by atoms with Crippen molar-refractivity contribution < 1.29 is 9.59 Å². The minimum absolute atomic E-state index is 0.219. The van der Waals surface area contributed by atoms with Crippen molar-refractivity contribution in [3.05, 3.63) is 34.3 Å². The van der Waals surface area contributed by atoms with Crippen molar-refractivity contribution in [2.75, 3.05) is 10.6 Å². The first-order valence-electron chi connectivity index (χ1n) is 6.84. The van der Waals surface area contributed by atoms with Gasteiger partial charge in [0.15, 0.2) is 10.3 Å². The highest BCUT2D eigenvalue weighted by Crippen LogP contribution is 2.29. The van der Waals surface area contributed by atoms with E-state index in [0.29, 0.717) is 10.3 Å². The van der Waals surface area contributed by atoms with Gasteiger partial charge in [0.25, 0.3) is 5.91 Å². The van der Waals surface area contributed by atoms with Gasteiger partial charge in [-0.3, -0.25) is 14.9 Å². The van der Waals surface area contributed by atoms with Gasteiger partial charge in [-0.25, -0.2) is 9.97 Å². The van der Waals surface area contributed by atoms with E-state index in [-0.39, 0.29) is 17.5 Å². The molecule has 118 valence electrons. The van der Waals surface area contributed by atoms with E-state index < -0.39 is 0 Å². The summed E-state index contributed by atoms with van der Waals surface area (Å²) in [6.07, 6.45) is 0. The zero-order valence-electron chi connectivity index (χ0n) is 12.8. The van der Waals surface area contributed by atoms with Crippen molar-refractivity contribution in [1.82, 2.24) is 9.97 Å². The molecule has 0 aliphatic heterocycles. The Morgan fingerprint density at radius 2 is 1.87 bits per heavy atom. The molecule has 0 aliphatic rings. The largest absolute Gasteiger partial charge is 0.302 e. The van der Waals surface area contributed by atoms with Crippen LogP contribution in [0.15, 0.2) is 17.5 Å². The van der Waals surface area contributed by atoms with Crippen molar-refractivity contribution >= 4 is 55.0 Å². The molecular formula is C15H14N4O2S2. The Balaban J connectivity index is 1.81. The average Bonchev–Trinajstić information content (AvgIpc) is 3.04. The molecule has 0 bridgehead atoms. The normalized spacial score (nSPS) is 10.7. The molecule has 2 amide bonds. The Kier molecular flexibility index (Phi) is 4.10. The van der Waals surface area contributed by atoms with E-state index in [1.165, 1.54) is 29.6 Å². The van der Waals surface area contributed by atoms with Crippen LogP contribution in [0.1, 0.15) is 28.5 Å². The number of nitrogens with one attached hydrogen (secondary N) is 2. The highest BCUT2D eigenvalue weighted by Gasteiger charge is 2.14. The minimum atomic E-state index is -0.341. The first kappa shape index (κ1) is 15.6. The first-order valence-corrected chi connectivity index (χ1v) is 8.54. The Hall–Kier alpha value is -2.32. The van der Waals surface area contributed by atoms with Gasteiger partial charge >= 0.3 is 0 Å². The number of benzene rings is 1. The molecule has 0 fully saturated rings. The number of rotatable bonds is 3. The lowest BCUT2D eigenvalue weighted by Gasteiger charge is -1.97. The third-order valence-electron chi connectivity index (χ3n) is 3.07. The van der Waals surface area contributed by atoms with Gasteiger partial charge in [0, 0.05) is 12.3 Å². The Morgan fingerprint density at radius 3 is 2.61 bits per heavy atom. The van der Waals surface area contributed by atoms with Gasteiger partial charge in [-0.15, -0.1) is 11.3 Å². The fraction of sp³-hybridized carbons (Fsp3) is 0.200. The zero-order valence-corrected chi connectivity index (χ0v) is 14.4. The molecule has 0 saturated heterocycles. The van der Waals surface area contributed by atoms with Crippen molar-refractivity contribution in [2.24, 2.45) is 0 Å². The molecule has 3 rings (SSSR count). The number of fused-ring (bicyclic) bond motifs is 1. The van der Waals surface area contributed by atoms with Crippen LogP contribution in [-0.4, -0.2) is 21.8 Å². The molecular weight excluding hydrogens is 332 g/mol. The summed E-state index contributed by atoms with van der Waals surface area (Å²) in [4.78, 5) is 31.8. The number of hydrogen-bond acceptors (Lipinski definition) is 6. The molecule has 2 N–H and O–H groups in total. The standard InChI is InChI=1S/C15H14N4O2S2/c1-7-4-8(2)12-11(5-7)23-15(18-12)19-13(21)10-6-22-14(17-10)16-9(3)20/h4-6H,1-3H3,(H,16,17,20)(H,18,19,21).